The predicted octanol–water partition coefficient (Wildman–Crippen LogP) is 4.27. The fraction of sp³-hybridized carbons (Fsp3) is 0.360. The molecule has 0 bridgehead atoms. The Morgan fingerprint density at radius 3 is 2.61 bits per heavy atom. The summed E-state index contributed by atoms with van der Waals surface area (Å²) in [7, 11) is 0. The van der Waals surface area contributed by atoms with Gasteiger partial charge in [0.05, 0.1) is 17.5 Å². The van der Waals surface area contributed by atoms with Crippen LogP contribution in [0.15, 0.2) is 53.2 Å². The van der Waals surface area contributed by atoms with Crippen LogP contribution in [0.4, 0.5) is 4.39 Å². The molecule has 0 N–H and O–H groups in total. The van der Waals surface area contributed by atoms with Gasteiger partial charge in [0.25, 0.3) is 5.91 Å². The van der Waals surface area contributed by atoms with Crippen LogP contribution in [-0.2, 0) is 11.2 Å². The maximum absolute atomic E-state index is 14.0. The molecule has 3 aromatic rings. The van der Waals surface area contributed by atoms with E-state index in [4.69, 9.17) is 0 Å². The van der Waals surface area contributed by atoms with Crippen molar-refractivity contribution in [3.05, 3.63) is 79.9 Å². The zero-order valence-electron chi connectivity index (χ0n) is 18.3. The third-order valence-corrected chi connectivity index (χ3v) is 8.29. The number of thiophene rings is 2. The monoisotopic (exact) mass is 483 g/mol. The summed E-state index contributed by atoms with van der Waals surface area (Å²) >= 11 is 3.18. The first-order valence-corrected chi connectivity index (χ1v) is 13.0. The van der Waals surface area contributed by atoms with E-state index in [2.05, 4.69) is 16.3 Å². The molecule has 1 atom stereocenters. The summed E-state index contributed by atoms with van der Waals surface area (Å²) < 4.78 is 14.0. The molecule has 8 heteroatoms. The molecule has 2 amide bonds. The standard InChI is InChI=1S/C25H26FN3O2S2/c26-19-5-1-4-18(16-19)24-20-8-15-33-21(20)7-11-29(24)17-23(30)27-9-3-10-28(13-12-27)25(31)22-6-2-14-32-22/h1-2,4-6,8,14-16,24H,3,7,9-13,17H2/t24-/m1/s1. The van der Waals surface area contributed by atoms with Crippen LogP contribution in [0, 0.1) is 5.82 Å². The summed E-state index contributed by atoms with van der Waals surface area (Å²) in [5.74, 6) is -0.142. The van der Waals surface area contributed by atoms with Crippen molar-refractivity contribution in [3.8, 4) is 0 Å². The van der Waals surface area contributed by atoms with Crippen LogP contribution < -0.4 is 0 Å². The summed E-state index contributed by atoms with van der Waals surface area (Å²) in [4.78, 5) is 34.0. The first-order valence-electron chi connectivity index (χ1n) is 11.3. The second-order valence-electron chi connectivity index (χ2n) is 8.48. The number of rotatable bonds is 4. The highest BCUT2D eigenvalue weighted by Gasteiger charge is 2.32. The average molecular weight is 484 g/mol. The van der Waals surface area contributed by atoms with Gasteiger partial charge in [0.15, 0.2) is 0 Å². The first-order chi connectivity index (χ1) is 16.1. The SMILES string of the molecule is O=C(CN1CCc2sccc2[C@H]1c1cccc(F)c1)N1CCCN(C(=O)c2cccs2)CC1. The number of carbonyl (C=O) groups is 2. The topological polar surface area (TPSA) is 43.9 Å². The lowest BCUT2D eigenvalue weighted by molar-refractivity contribution is -0.132. The maximum atomic E-state index is 14.0. The Labute approximate surface area is 201 Å². The van der Waals surface area contributed by atoms with Crippen molar-refractivity contribution in [3.63, 3.8) is 0 Å². The van der Waals surface area contributed by atoms with E-state index in [9.17, 15) is 14.0 Å². The molecule has 0 saturated carbocycles. The number of amides is 2. The van der Waals surface area contributed by atoms with Gasteiger partial charge in [-0.3, -0.25) is 14.5 Å². The molecule has 4 heterocycles. The smallest absolute Gasteiger partial charge is 0.263 e. The van der Waals surface area contributed by atoms with E-state index < -0.39 is 0 Å². The minimum absolute atomic E-state index is 0.0477. The molecule has 0 aliphatic carbocycles. The molecule has 5 rings (SSSR count). The fourth-order valence-corrected chi connectivity index (χ4v) is 6.40. The van der Waals surface area contributed by atoms with Crippen molar-refractivity contribution < 1.29 is 14.0 Å². The van der Waals surface area contributed by atoms with Gasteiger partial charge >= 0.3 is 0 Å². The van der Waals surface area contributed by atoms with Crippen LogP contribution in [0.25, 0.3) is 0 Å². The van der Waals surface area contributed by atoms with Crippen LogP contribution in [0.2, 0.25) is 0 Å². The van der Waals surface area contributed by atoms with Crippen LogP contribution in [0.5, 0.6) is 0 Å². The van der Waals surface area contributed by atoms with Gasteiger partial charge in [0.2, 0.25) is 5.91 Å². The second kappa shape index (κ2) is 9.75. The lowest BCUT2D eigenvalue weighted by Crippen LogP contribution is -2.45. The minimum atomic E-state index is -0.260. The summed E-state index contributed by atoms with van der Waals surface area (Å²) in [6.45, 7) is 3.44. The molecule has 5 nitrogen and oxygen atoms in total. The molecule has 0 radical (unpaired) electrons. The number of benzene rings is 1. The van der Waals surface area contributed by atoms with Crippen LogP contribution in [0.3, 0.4) is 0 Å². The lowest BCUT2D eigenvalue weighted by atomic mass is 9.93. The van der Waals surface area contributed by atoms with E-state index in [0.717, 1.165) is 29.8 Å². The van der Waals surface area contributed by atoms with E-state index in [-0.39, 0.29) is 30.2 Å². The molecular weight excluding hydrogens is 457 g/mol. The second-order valence-corrected chi connectivity index (χ2v) is 10.4. The highest BCUT2D eigenvalue weighted by molar-refractivity contribution is 7.12. The molecule has 0 spiro atoms. The van der Waals surface area contributed by atoms with Gasteiger partial charge < -0.3 is 9.80 Å². The van der Waals surface area contributed by atoms with Crippen molar-refractivity contribution >= 4 is 34.5 Å². The number of fused-ring (bicyclic) bond motifs is 1. The van der Waals surface area contributed by atoms with E-state index >= 15 is 0 Å². The van der Waals surface area contributed by atoms with Crippen molar-refractivity contribution in [1.29, 1.82) is 0 Å². The molecule has 33 heavy (non-hydrogen) atoms. The third kappa shape index (κ3) is 4.74. The maximum Gasteiger partial charge on any atom is 0.263 e. The number of hydrogen-bond acceptors (Lipinski definition) is 5. The van der Waals surface area contributed by atoms with Crippen LogP contribution in [0.1, 0.15) is 38.1 Å². The molecule has 2 aliphatic rings. The Balaban J connectivity index is 1.29. The van der Waals surface area contributed by atoms with E-state index in [1.54, 1.807) is 23.5 Å². The van der Waals surface area contributed by atoms with E-state index in [0.29, 0.717) is 26.2 Å². The fourth-order valence-electron chi connectivity index (χ4n) is 4.81. The molecule has 0 unspecified atom stereocenters. The van der Waals surface area contributed by atoms with E-state index in [1.165, 1.54) is 27.8 Å². The largest absolute Gasteiger partial charge is 0.340 e. The van der Waals surface area contributed by atoms with Crippen LogP contribution in [-0.4, -0.2) is 65.8 Å². The average Bonchev–Trinajstić information content (AvgIpc) is 3.46. The van der Waals surface area contributed by atoms with Gasteiger partial charge in [0, 0.05) is 37.6 Å². The zero-order chi connectivity index (χ0) is 22.8. The molecule has 1 saturated heterocycles. The van der Waals surface area contributed by atoms with Gasteiger partial charge in [-0.2, -0.15) is 0 Å². The Morgan fingerprint density at radius 2 is 1.79 bits per heavy atom. The highest BCUT2D eigenvalue weighted by Crippen LogP contribution is 2.37. The summed E-state index contributed by atoms with van der Waals surface area (Å²) in [6.07, 6.45) is 1.67. The van der Waals surface area contributed by atoms with Gasteiger partial charge in [-0.25, -0.2) is 4.39 Å². The van der Waals surface area contributed by atoms with Gasteiger partial charge in [-0.05, 0) is 59.0 Å². The van der Waals surface area contributed by atoms with Crippen molar-refractivity contribution in [2.24, 2.45) is 0 Å². The van der Waals surface area contributed by atoms with Crippen molar-refractivity contribution in [2.45, 2.75) is 18.9 Å². The number of halogens is 1. The summed E-state index contributed by atoms with van der Waals surface area (Å²) in [6, 6.07) is 12.4. The van der Waals surface area contributed by atoms with Gasteiger partial charge in [0.1, 0.15) is 5.82 Å². The Hall–Kier alpha value is -2.55. The Morgan fingerprint density at radius 1 is 0.939 bits per heavy atom. The molecule has 172 valence electrons. The first kappa shape index (κ1) is 22.3. The third-order valence-electron chi connectivity index (χ3n) is 6.44. The van der Waals surface area contributed by atoms with Crippen LogP contribution >= 0.6 is 22.7 Å². The Bertz CT molecular complexity index is 1130. The quantitative estimate of drug-likeness (QED) is 0.557. The van der Waals surface area contributed by atoms with Crippen molar-refractivity contribution in [1.82, 2.24) is 14.7 Å². The molecule has 1 fully saturated rings. The van der Waals surface area contributed by atoms with Crippen molar-refractivity contribution in [2.75, 3.05) is 39.3 Å². The minimum Gasteiger partial charge on any atom is -0.340 e. The summed E-state index contributed by atoms with van der Waals surface area (Å²) in [5, 5.41) is 3.99. The molecular formula is C25H26FN3O2S2. The zero-order valence-corrected chi connectivity index (χ0v) is 19.9. The Kier molecular flexibility index (Phi) is 6.57. The number of carbonyl (C=O) groups excluding carboxylic acids is 2. The highest BCUT2D eigenvalue weighted by atomic mass is 32.1. The molecule has 1 aromatic carbocycles. The summed E-state index contributed by atoms with van der Waals surface area (Å²) in [5.41, 5.74) is 2.05. The normalized spacial score (nSPS) is 19.2. The number of hydrogen-bond donors (Lipinski definition) is 0. The number of nitrogens with zero attached hydrogens (tertiary/aromatic N) is 3. The van der Waals surface area contributed by atoms with Gasteiger partial charge in [-0.15, -0.1) is 22.7 Å². The lowest BCUT2D eigenvalue weighted by Gasteiger charge is -2.37. The molecule has 2 aliphatic heterocycles. The molecule has 2 aromatic heterocycles. The van der Waals surface area contributed by atoms with E-state index in [1.807, 2.05) is 33.4 Å². The van der Waals surface area contributed by atoms with Gasteiger partial charge in [-0.1, -0.05) is 18.2 Å². The predicted molar refractivity (Wildman–Crippen MR) is 129 cm³/mol.